The molecule has 2 heterocycles. The summed E-state index contributed by atoms with van der Waals surface area (Å²) >= 11 is 0. The monoisotopic (exact) mass is 354 g/mol. The van der Waals surface area contributed by atoms with Gasteiger partial charge in [-0.15, -0.1) is 0 Å². The lowest BCUT2D eigenvalue weighted by atomic mass is 10.1. The number of carbonyl (C=O) groups is 2. The van der Waals surface area contributed by atoms with Crippen molar-refractivity contribution in [2.45, 2.75) is 19.9 Å². The number of hydrogen-bond acceptors (Lipinski definition) is 3. The molecule has 0 aliphatic carbocycles. The highest BCUT2D eigenvalue weighted by Crippen LogP contribution is 2.10. The maximum Gasteiger partial charge on any atom is 0.282 e. The van der Waals surface area contributed by atoms with Gasteiger partial charge in [-0.3, -0.25) is 14.5 Å². The molecule has 2 aromatic rings. The summed E-state index contributed by atoms with van der Waals surface area (Å²) in [6, 6.07) is 13.0. The average molecular weight is 354 g/mol. The van der Waals surface area contributed by atoms with Crippen LogP contribution in [0.1, 0.15) is 24.2 Å². The highest BCUT2D eigenvalue weighted by molar-refractivity contribution is 5.96. The minimum Gasteiger partial charge on any atom is -0.321 e. The van der Waals surface area contributed by atoms with Crippen molar-refractivity contribution in [3.63, 3.8) is 0 Å². The van der Waals surface area contributed by atoms with Crippen LogP contribution in [0.25, 0.3) is 0 Å². The molecular formula is C20H26N4O2+2. The fraction of sp³-hybridized carbons (Fsp3) is 0.350. The van der Waals surface area contributed by atoms with E-state index >= 15 is 0 Å². The van der Waals surface area contributed by atoms with Crippen molar-refractivity contribution in [3.8, 4) is 0 Å². The number of H-pyrrole nitrogens is 1. The predicted octanol–water partition coefficient (Wildman–Crippen LogP) is 0.435. The minimum atomic E-state index is -0.121. The number of nitrogens with one attached hydrogen (secondary N) is 3. The molecule has 6 heteroatoms. The standard InChI is InChI=1S/C20H24N4O2/c1-15(20(26)22-18-8-6-17(7-9-18)16(2)25)23-11-13-24(14-12-23)19-5-3-4-10-21-19/h3-10,15H,11-14H2,1-2H3,(H,22,26)/p+2/t15-/m0/s1. The van der Waals surface area contributed by atoms with Gasteiger partial charge in [0.15, 0.2) is 11.8 Å². The summed E-state index contributed by atoms with van der Waals surface area (Å²) in [4.78, 5) is 30.8. The molecule has 0 spiro atoms. The Hall–Kier alpha value is -2.73. The minimum absolute atomic E-state index is 0.00954. The van der Waals surface area contributed by atoms with Crippen LogP contribution in [0.2, 0.25) is 0 Å². The molecule has 0 radical (unpaired) electrons. The molecule has 1 saturated heterocycles. The number of carbonyl (C=O) groups excluding carboxylic acids is 2. The van der Waals surface area contributed by atoms with E-state index in [9.17, 15) is 9.59 Å². The average Bonchev–Trinajstić information content (AvgIpc) is 2.68. The Kier molecular flexibility index (Phi) is 5.63. The van der Waals surface area contributed by atoms with E-state index in [1.165, 1.54) is 11.8 Å². The van der Waals surface area contributed by atoms with E-state index in [0.717, 1.165) is 37.7 Å². The first-order valence-electron chi connectivity index (χ1n) is 9.02. The van der Waals surface area contributed by atoms with Gasteiger partial charge in [-0.25, -0.2) is 4.98 Å². The second-order valence-corrected chi connectivity index (χ2v) is 6.74. The molecule has 1 atom stereocenters. The maximum atomic E-state index is 12.6. The van der Waals surface area contributed by atoms with Gasteiger partial charge in [0, 0.05) is 17.3 Å². The molecule has 3 N–H and O–H groups in total. The maximum absolute atomic E-state index is 12.6. The number of anilines is 2. The number of aromatic amines is 1. The van der Waals surface area contributed by atoms with Crippen molar-refractivity contribution in [1.82, 2.24) is 0 Å². The normalized spacial score (nSPS) is 16.2. The van der Waals surface area contributed by atoms with E-state index in [1.54, 1.807) is 24.3 Å². The number of nitrogens with zero attached hydrogens (tertiary/aromatic N) is 1. The van der Waals surface area contributed by atoms with E-state index in [2.05, 4.69) is 21.3 Å². The quantitative estimate of drug-likeness (QED) is 0.766. The number of ketones is 1. The van der Waals surface area contributed by atoms with Crippen molar-refractivity contribution in [2.24, 2.45) is 0 Å². The van der Waals surface area contributed by atoms with Crippen LogP contribution in [0.4, 0.5) is 11.5 Å². The number of Topliss-reactive ketones (excluding diaryl/α,β-unsaturated/α-hetero) is 1. The number of piperazine rings is 1. The summed E-state index contributed by atoms with van der Waals surface area (Å²) in [5.41, 5.74) is 1.37. The number of pyridine rings is 1. The fourth-order valence-corrected chi connectivity index (χ4v) is 3.27. The van der Waals surface area contributed by atoms with Gasteiger partial charge in [0.25, 0.3) is 11.7 Å². The second-order valence-electron chi connectivity index (χ2n) is 6.74. The van der Waals surface area contributed by atoms with Crippen LogP contribution >= 0.6 is 0 Å². The predicted molar refractivity (Wildman–Crippen MR) is 100 cm³/mol. The van der Waals surface area contributed by atoms with Gasteiger partial charge in [0.05, 0.1) is 6.20 Å². The molecule has 6 nitrogen and oxygen atoms in total. The molecule has 1 aliphatic heterocycles. The lowest BCUT2D eigenvalue weighted by Crippen LogP contribution is -3.19. The number of amides is 1. The van der Waals surface area contributed by atoms with E-state index in [-0.39, 0.29) is 17.7 Å². The van der Waals surface area contributed by atoms with Gasteiger partial charge in [0.1, 0.15) is 26.2 Å². The molecule has 1 fully saturated rings. The molecule has 1 aromatic carbocycles. The third-order valence-electron chi connectivity index (χ3n) is 5.00. The molecule has 0 bridgehead atoms. The van der Waals surface area contributed by atoms with Crippen molar-refractivity contribution < 1.29 is 19.5 Å². The Morgan fingerprint density at radius 2 is 1.81 bits per heavy atom. The molecule has 1 aliphatic rings. The first-order chi connectivity index (χ1) is 12.5. The van der Waals surface area contributed by atoms with Gasteiger partial charge in [0.2, 0.25) is 0 Å². The van der Waals surface area contributed by atoms with E-state index in [4.69, 9.17) is 0 Å². The molecule has 3 rings (SSSR count). The number of hydrogen-bond donors (Lipinski definition) is 2. The molecule has 1 amide bonds. The summed E-state index contributed by atoms with van der Waals surface area (Å²) in [5, 5.41) is 2.96. The molecule has 0 saturated carbocycles. The van der Waals surface area contributed by atoms with Crippen LogP contribution in [-0.2, 0) is 4.79 Å². The van der Waals surface area contributed by atoms with E-state index in [1.807, 2.05) is 25.3 Å². The Morgan fingerprint density at radius 3 is 2.38 bits per heavy atom. The van der Waals surface area contributed by atoms with Gasteiger partial charge in [-0.1, -0.05) is 6.07 Å². The number of rotatable bonds is 5. The zero-order valence-corrected chi connectivity index (χ0v) is 15.3. The lowest BCUT2D eigenvalue weighted by molar-refractivity contribution is -0.914. The van der Waals surface area contributed by atoms with Gasteiger partial charge in [-0.05, 0) is 44.2 Å². The van der Waals surface area contributed by atoms with E-state index < -0.39 is 0 Å². The fourth-order valence-electron chi connectivity index (χ4n) is 3.27. The van der Waals surface area contributed by atoms with Crippen molar-refractivity contribution in [3.05, 3.63) is 54.2 Å². The van der Waals surface area contributed by atoms with Gasteiger partial charge < -0.3 is 10.2 Å². The lowest BCUT2D eigenvalue weighted by Gasteiger charge is -2.31. The van der Waals surface area contributed by atoms with Crippen molar-refractivity contribution in [1.29, 1.82) is 0 Å². The van der Waals surface area contributed by atoms with Crippen LogP contribution in [0.5, 0.6) is 0 Å². The first kappa shape index (κ1) is 18.1. The number of benzene rings is 1. The zero-order chi connectivity index (χ0) is 18.5. The van der Waals surface area contributed by atoms with Crippen LogP contribution in [0, 0.1) is 0 Å². The summed E-state index contributed by atoms with van der Waals surface area (Å²) in [7, 11) is 0. The highest BCUT2D eigenvalue weighted by atomic mass is 16.2. The van der Waals surface area contributed by atoms with Crippen molar-refractivity contribution >= 4 is 23.2 Å². The largest absolute Gasteiger partial charge is 0.321 e. The summed E-state index contributed by atoms with van der Waals surface area (Å²) in [6.07, 6.45) is 1.93. The Morgan fingerprint density at radius 1 is 1.12 bits per heavy atom. The summed E-state index contributed by atoms with van der Waals surface area (Å²) < 4.78 is 0. The topological polar surface area (TPSA) is 68.0 Å². The molecule has 136 valence electrons. The number of aromatic nitrogens is 1. The molecular weight excluding hydrogens is 328 g/mol. The third-order valence-corrected chi connectivity index (χ3v) is 5.00. The van der Waals surface area contributed by atoms with Crippen LogP contribution in [0.3, 0.4) is 0 Å². The van der Waals surface area contributed by atoms with Crippen LogP contribution in [-0.4, -0.2) is 43.9 Å². The van der Waals surface area contributed by atoms with Gasteiger partial charge in [-0.2, -0.15) is 0 Å². The zero-order valence-electron chi connectivity index (χ0n) is 15.3. The Bertz CT molecular complexity index is 753. The van der Waals surface area contributed by atoms with E-state index in [0.29, 0.717) is 5.56 Å². The summed E-state index contributed by atoms with van der Waals surface area (Å²) in [5.74, 6) is 1.15. The molecule has 1 aromatic heterocycles. The molecule has 0 unspecified atom stereocenters. The van der Waals surface area contributed by atoms with Gasteiger partial charge >= 0.3 is 0 Å². The Labute approximate surface area is 153 Å². The number of quaternary nitrogens is 1. The van der Waals surface area contributed by atoms with Crippen molar-refractivity contribution in [2.75, 3.05) is 36.4 Å². The Balaban J connectivity index is 1.53. The first-order valence-corrected chi connectivity index (χ1v) is 9.02. The third kappa shape index (κ3) is 4.26. The SMILES string of the molecule is CC(=O)c1ccc(NC(=O)[C@H](C)[NH+]2CCN(c3cccc[nH+]3)CC2)cc1. The highest BCUT2D eigenvalue weighted by Gasteiger charge is 2.32. The molecule has 26 heavy (non-hydrogen) atoms. The second kappa shape index (κ2) is 8.10. The smallest absolute Gasteiger partial charge is 0.282 e. The van der Waals surface area contributed by atoms with Crippen LogP contribution in [0.15, 0.2) is 48.7 Å². The summed E-state index contributed by atoms with van der Waals surface area (Å²) in [6.45, 7) is 7.17. The van der Waals surface area contributed by atoms with Crippen LogP contribution < -0.4 is 20.1 Å².